The Kier molecular flexibility index (Phi) is 6.62. The average Bonchev–Trinajstić information content (AvgIpc) is 2.62. The van der Waals surface area contributed by atoms with Crippen LogP contribution in [0.2, 0.25) is 0 Å². The predicted octanol–water partition coefficient (Wildman–Crippen LogP) is 2.67. The molecule has 0 aliphatic heterocycles. The number of hydrogen-bond donors (Lipinski definition) is 2. The molecule has 2 rings (SSSR count). The minimum Gasteiger partial charge on any atom is -0.493 e. The highest BCUT2D eigenvalue weighted by Crippen LogP contribution is 2.47. The van der Waals surface area contributed by atoms with Crippen LogP contribution >= 0.6 is 0 Å². The maximum Gasteiger partial charge on any atom is 0.210 e. The van der Waals surface area contributed by atoms with Crippen molar-refractivity contribution in [3.63, 3.8) is 0 Å². The van der Waals surface area contributed by atoms with Crippen LogP contribution in [-0.2, 0) is 0 Å². The van der Waals surface area contributed by atoms with Crippen LogP contribution in [0.5, 0.6) is 23.0 Å². The molecule has 0 atom stereocenters. The van der Waals surface area contributed by atoms with Gasteiger partial charge in [0.05, 0.1) is 14.2 Å². The molecule has 2 N–H and O–H groups in total. The standard InChI is InChI=1S/C18H19FO6/c1-22-15-9-13(8-7-12-5-3-4-6-14(12)19)16(23-2)18(25-11-21)17(15)24-10-20/h3-9,20-21H,10-11H2,1-2H3/b8-7+. The minimum atomic E-state index is -0.637. The fourth-order valence-corrected chi connectivity index (χ4v) is 2.29. The first-order valence-corrected chi connectivity index (χ1v) is 7.35. The Labute approximate surface area is 144 Å². The zero-order chi connectivity index (χ0) is 18.2. The summed E-state index contributed by atoms with van der Waals surface area (Å²) in [6, 6.07) is 7.90. The van der Waals surface area contributed by atoms with Crippen LogP contribution < -0.4 is 18.9 Å². The van der Waals surface area contributed by atoms with Gasteiger partial charge < -0.3 is 29.2 Å². The molecule has 0 bridgehead atoms. The summed E-state index contributed by atoms with van der Waals surface area (Å²) in [5.41, 5.74) is 0.903. The third-order valence-electron chi connectivity index (χ3n) is 3.37. The third-order valence-corrected chi connectivity index (χ3v) is 3.37. The van der Waals surface area contributed by atoms with Gasteiger partial charge in [-0.2, -0.15) is 0 Å². The van der Waals surface area contributed by atoms with E-state index in [0.29, 0.717) is 11.1 Å². The fourth-order valence-electron chi connectivity index (χ4n) is 2.29. The molecule has 2 aromatic rings. The normalized spacial score (nSPS) is 10.8. The molecule has 0 fully saturated rings. The highest BCUT2D eigenvalue weighted by molar-refractivity contribution is 5.78. The van der Waals surface area contributed by atoms with Gasteiger partial charge in [-0.05, 0) is 12.1 Å². The van der Waals surface area contributed by atoms with Crippen molar-refractivity contribution in [2.75, 3.05) is 27.8 Å². The van der Waals surface area contributed by atoms with Gasteiger partial charge in [-0.1, -0.05) is 30.4 Å². The van der Waals surface area contributed by atoms with Crippen molar-refractivity contribution in [3.05, 3.63) is 47.3 Å². The molecular weight excluding hydrogens is 331 g/mol. The predicted molar refractivity (Wildman–Crippen MR) is 90.3 cm³/mol. The number of aliphatic hydroxyl groups excluding tert-OH is 2. The smallest absolute Gasteiger partial charge is 0.210 e. The first-order chi connectivity index (χ1) is 12.2. The Morgan fingerprint density at radius 3 is 2.12 bits per heavy atom. The first-order valence-electron chi connectivity index (χ1n) is 7.35. The molecule has 0 saturated carbocycles. The van der Waals surface area contributed by atoms with Gasteiger partial charge in [0, 0.05) is 11.1 Å². The van der Waals surface area contributed by atoms with E-state index in [9.17, 15) is 4.39 Å². The molecule has 2 aromatic carbocycles. The van der Waals surface area contributed by atoms with Gasteiger partial charge in [0.1, 0.15) is 5.82 Å². The van der Waals surface area contributed by atoms with Gasteiger partial charge in [-0.3, -0.25) is 0 Å². The molecule has 6 nitrogen and oxygen atoms in total. The van der Waals surface area contributed by atoms with E-state index in [1.165, 1.54) is 20.3 Å². The van der Waals surface area contributed by atoms with Gasteiger partial charge >= 0.3 is 0 Å². The van der Waals surface area contributed by atoms with Crippen LogP contribution in [0, 0.1) is 5.82 Å². The van der Waals surface area contributed by atoms with Crippen molar-refractivity contribution in [1.29, 1.82) is 0 Å². The van der Waals surface area contributed by atoms with E-state index < -0.39 is 13.6 Å². The van der Waals surface area contributed by atoms with Crippen LogP contribution in [0.25, 0.3) is 12.2 Å². The van der Waals surface area contributed by atoms with Crippen molar-refractivity contribution in [2.45, 2.75) is 0 Å². The van der Waals surface area contributed by atoms with Crippen LogP contribution in [-0.4, -0.2) is 38.0 Å². The molecule has 0 aliphatic carbocycles. The molecule has 0 heterocycles. The van der Waals surface area contributed by atoms with Gasteiger partial charge in [-0.25, -0.2) is 4.39 Å². The molecule has 134 valence electrons. The maximum atomic E-state index is 13.8. The summed E-state index contributed by atoms with van der Waals surface area (Å²) in [5, 5.41) is 18.2. The Bertz CT molecular complexity index is 745. The number of hydrogen-bond acceptors (Lipinski definition) is 6. The van der Waals surface area contributed by atoms with E-state index in [4.69, 9.17) is 29.2 Å². The summed E-state index contributed by atoms with van der Waals surface area (Å²) in [6.45, 7) is -1.26. The fraction of sp³-hybridized carbons (Fsp3) is 0.222. The van der Waals surface area contributed by atoms with Gasteiger partial charge in [0.2, 0.25) is 11.5 Å². The number of aliphatic hydroxyl groups is 2. The molecule has 0 spiro atoms. The largest absolute Gasteiger partial charge is 0.493 e. The van der Waals surface area contributed by atoms with Crippen LogP contribution in [0.15, 0.2) is 30.3 Å². The molecule has 0 saturated heterocycles. The van der Waals surface area contributed by atoms with Crippen LogP contribution in [0.1, 0.15) is 11.1 Å². The molecule has 0 aliphatic rings. The minimum absolute atomic E-state index is 0.0617. The van der Waals surface area contributed by atoms with E-state index >= 15 is 0 Å². The first kappa shape index (κ1) is 18.6. The topological polar surface area (TPSA) is 77.4 Å². The molecule has 0 aromatic heterocycles. The zero-order valence-electron chi connectivity index (χ0n) is 13.9. The lowest BCUT2D eigenvalue weighted by Gasteiger charge is -2.18. The van der Waals surface area contributed by atoms with E-state index in [-0.39, 0.29) is 28.8 Å². The Balaban J connectivity index is 2.56. The third kappa shape index (κ3) is 4.20. The lowest BCUT2D eigenvalue weighted by atomic mass is 10.1. The van der Waals surface area contributed by atoms with Crippen molar-refractivity contribution in [3.8, 4) is 23.0 Å². The van der Waals surface area contributed by atoms with E-state index in [1.807, 2.05) is 0 Å². The summed E-state index contributed by atoms with van der Waals surface area (Å²) in [7, 11) is 2.83. The summed E-state index contributed by atoms with van der Waals surface area (Å²) < 4.78 is 34.6. The van der Waals surface area contributed by atoms with E-state index in [0.717, 1.165) is 0 Å². The Morgan fingerprint density at radius 2 is 1.52 bits per heavy atom. The average molecular weight is 350 g/mol. The van der Waals surface area contributed by atoms with Crippen LogP contribution in [0.4, 0.5) is 4.39 Å². The number of benzene rings is 2. The second kappa shape index (κ2) is 8.91. The Morgan fingerprint density at radius 1 is 0.880 bits per heavy atom. The number of halogens is 1. The van der Waals surface area contributed by atoms with Gasteiger partial charge in [-0.15, -0.1) is 0 Å². The number of ether oxygens (including phenoxy) is 4. The molecular formula is C18H19FO6. The second-order valence-corrected chi connectivity index (χ2v) is 4.76. The van der Waals surface area contributed by atoms with Crippen LogP contribution in [0.3, 0.4) is 0 Å². The second-order valence-electron chi connectivity index (χ2n) is 4.76. The lowest BCUT2D eigenvalue weighted by molar-refractivity contribution is 0.0699. The molecule has 0 radical (unpaired) electrons. The molecule has 0 amide bonds. The zero-order valence-corrected chi connectivity index (χ0v) is 13.9. The quantitative estimate of drug-likeness (QED) is 0.563. The highest BCUT2D eigenvalue weighted by Gasteiger charge is 2.21. The summed E-state index contributed by atoms with van der Waals surface area (Å²) in [5.74, 6) is 0.277. The Hall–Kier alpha value is -2.77. The summed E-state index contributed by atoms with van der Waals surface area (Å²) >= 11 is 0. The van der Waals surface area contributed by atoms with Crippen molar-refractivity contribution in [1.82, 2.24) is 0 Å². The molecule has 7 heteroatoms. The van der Waals surface area contributed by atoms with E-state index in [2.05, 4.69) is 0 Å². The monoisotopic (exact) mass is 350 g/mol. The maximum absolute atomic E-state index is 13.8. The van der Waals surface area contributed by atoms with Crippen molar-refractivity contribution < 1.29 is 33.6 Å². The van der Waals surface area contributed by atoms with Gasteiger partial charge in [0.15, 0.2) is 25.1 Å². The SMILES string of the molecule is COc1cc(/C=C/c2ccccc2F)c(OC)c(OCO)c1OCO. The summed E-state index contributed by atoms with van der Waals surface area (Å²) in [6.07, 6.45) is 3.19. The number of rotatable bonds is 8. The van der Waals surface area contributed by atoms with E-state index in [1.54, 1.807) is 36.4 Å². The molecule has 25 heavy (non-hydrogen) atoms. The lowest BCUT2D eigenvalue weighted by Crippen LogP contribution is -2.05. The summed E-state index contributed by atoms with van der Waals surface area (Å²) in [4.78, 5) is 0. The highest BCUT2D eigenvalue weighted by atomic mass is 19.1. The van der Waals surface area contributed by atoms with Crippen molar-refractivity contribution >= 4 is 12.2 Å². The van der Waals surface area contributed by atoms with Crippen molar-refractivity contribution in [2.24, 2.45) is 0 Å². The van der Waals surface area contributed by atoms with Gasteiger partial charge in [0.25, 0.3) is 0 Å². The molecule has 0 unspecified atom stereocenters. The number of methoxy groups -OCH3 is 2.